The molecule has 1 rings (SSSR count). The number of ether oxygens (including phenoxy) is 2. The van der Waals surface area contributed by atoms with Gasteiger partial charge in [0.25, 0.3) is 0 Å². The number of anilines is 1. The highest BCUT2D eigenvalue weighted by atomic mass is 16.6. The van der Waals surface area contributed by atoms with E-state index in [0.717, 1.165) is 6.20 Å². The maximum Gasteiger partial charge on any atom is 0.412 e. The lowest BCUT2D eigenvalue weighted by Gasteiger charge is -2.20. The van der Waals surface area contributed by atoms with Crippen LogP contribution in [0, 0.1) is 10.1 Å². The molecule has 1 aromatic rings. The first-order valence-corrected chi connectivity index (χ1v) is 6.21. The molecule has 0 unspecified atom stereocenters. The second-order valence-corrected chi connectivity index (χ2v) is 5.19. The molecule has 0 aliphatic heterocycles. The first-order chi connectivity index (χ1) is 9.71. The molecular formula is C14H18N2O5. The smallest absolute Gasteiger partial charge is 0.412 e. The van der Waals surface area contributed by atoms with Gasteiger partial charge in [-0.05, 0) is 38.5 Å². The van der Waals surface area contributed by atoms with Crippen LogP contribution in [-0.2, 0) is 4.74 Å². The van der Waals surface area contributed by atoms with Gasteiger partial charge in [0.05, 0.1) is 17.7 Å². The molecule has 0 heterocycles. The van der Waals surface area contributed by atoms with Crippen LogP contribution in [0.2, 0.25) is 0 Å². The molecule has 21 heavy (non-hydrogen) atoms. The fraction of sp³-hybridized carbons (Fsp3) is 0.357. The van der Waals surface area contributed by atoms with Crippen LogP contribution in [0.3, 0.4) is 0 Å². The zero-order valence-corrected chi connectivity index (χ0v) is 12.4. The summed E-state index contributed by atoms with van der Waals surface area (Å²) in [4.78, 5) is 21.4. The van der Waals surface area contributed by atoms with Crippen molar-refractivity contribution < 1.29 is 19.2 Å². The van der Waals surface area contributed by atoms with Crippen LogP contribution in [0.4, 0.5) is 10.5 Å². The normalized spacial score (nSPS) is 11.2. The van der Waals surface area contributed by atoms with Crippen LogP contribution < -0.4 is 10.1 Å². The van der Waals surface area contributed by atoms with Crippen molar-refractivity contribution in [3.63, 3.8) is 0 Å². The number of rotatable bonds is 4. The Kier molecular flexibility index (Phi) is 5.29. The Hall–Kier alpha value is -2.57. The lowest BCUT2D eigenvalue weighted by molar-refractivity contribution is -0.400. The second-order valence-electron chi connectivity index (χ2n) is 5.19. The first-order valence-electron chi connectivity index (χ1n) is 6.21. The zero-order valence-electron chi connectivity index (χ0n) is 12.4. The second kappa shape index (κ2) is 6.74. The minimum Gasteiger partial charge on any atom is -0.495 e. The van der Waals surface area contributed by atoms with Gasteiger partial charge < -0.3 is 9.47 Å². The van der Waals surface area contributed by atoms with Gasteiger partial charge in [-0.2, -0.15) is 0 Å². The van der Waals surface area contributed by atoms with Crippen LogP contribution >= 0.6 is 0 Å². The lowest BCUT2D eigenvalue weighted by atomic mass is 10.2. The Morgan fingerprint density at radius 3 is 2.57 bits per heavy atom. The molecule has 114 valence electrons. The fourth-order valence-corrected chi connectivity index (χ4v) is 1.48. The highest BCUT2D eigenvalue weighted by Gasteiger charge is 2.17. The lowest BCUT2D eigenvalue weighted by Crippen LogP contribution is -2.27. The number of nitrogens with one attached hydrogen (secondary N) is 1. The maximum absolute atomic E-state index is 11.7. The predicted octanol–water partition coefficient (Wildman–Crippen LogP) is 3.29. The molecule has 0 bridgehead atoms. The van der Waals surface area contributed by atoms with Crippen molar-refractivity contribution in [2.45, 2.75) is 26.4 Å². The third-order valence-electron chi connectivity index (χ3n) is 2.25. The van der Waals surface area contributed by atoms with E-state index in [4.69, 9.17) is 9.47 Å². The van der Waals surface area contributed by atoms with Crippen LogP contribution in [0.15, 0.2) is 24.4 Å². The van der Waals surface area contributed by atoms with E-state index in [0.29, 0.717) is 17.0 Å². The number of nitro groups is 1. The molecule has 0 radical (unpaired) electrons. The van der Waals surface area contributed by atoms with E-state index in [2.05, 4.69) is 5.32 Å². The Labute approximate surface area is 122 Å². The average Bonchev–Trinajstić information content (AvgIpc) is 2.35. The SMILES string of the molecule is COc1cc(/C=C/[N+](=O)[O-])ccc1NC(=O)OC(C)(C)C. The van der Waals surface area contributed by atoms with E-state index in [9.17, 15) is 14.9 Å². The van der Waals surface area contributed by atoms with E-state index in [1.165, 1.54) is 13.2 Å². The summed E-state index contributed by atoms with van der Waals surface area (Å²) in [7, 11) is 1.44. The van der Waals surface area contributed by atoms with Crippen LogP contribution in [0.1, 0.15) is 26.3 Å². The Bertz CT molecular complexity index is 561. The first kappa shape index (κ1) is 16.5. The number of hydrogen-bond acceptors (Lipinski definition) is 5. The van der Waals surface area contributed by atoms with E-state index < -0.39 is 16.6 Å². The molecule has 0 fully saturated rings. The van der Waals surface area contributed by atoms with Gasteiger partial charge in [0.1, 0.15) is 11.4 Å². The van der Waals surface area contributed by atoms with E-state index in [-0.39, 0.29) is 0 Å². The summed E-state index contributed by atoms with van der Waals surface area (Å²) in [5.41, 5.74) is 0.398. The third kappa shape index (κ3) is 5.94. The summed E-state index contributed by atoms with van der Waals surface area (Å²) < 4.78 is 10.3. The van der Waals surface area contributed by atoms with Crippen LogP contribution in [-0.4, -0.2) is 23.7 Å². The van der Waals surface area contributed by atoms with Gasteiger partial charge in [0, 0.05) is 6.08 Å². The molecule has 7 heteroatoms. The van der Waals surface area contributed by atoms with E-state index in [1.54, 1.807) is 39.0 Å². The van der Waals surface area contributed by atoms with Crippen LogP contribution in [0.5, 0.6) is 5.75 Å². The topological polar surface area (TPSA) is 90.7 Å². The van der Waals surface area contributed by atoms with Crippen molar-refractivity contribution in [1.82, 2.24) is 0 Å². The third-order valence-corrected chi connectivity index (χ3v) is 2.25. The van der Waals surface area contributed by atoms with Gasteiger partial charge in [0.15, 0.2) is 0 Å². The number of benzene rings is 1. The number of amides is 1. The Balaban J connectivity index is 2.89. The van der Waals surface area contributed by atoms with E-state index >= 15 is 0 Å². The van der Waals surface area contributed by atoms with Crippen molar-refractivity contribution in [2.24, 2.45) is 0 Å². The van der Waals surface area contributed by atoms with Crippen molar-refractivity contribution >= 4 is 17.9 Å². The largest absolute Gasteiger partial charge is 0.495 e. The molecule has 1 N–H and O–H groups in total. The minimum absolute atomic E-state index is 0.381. The summed E-state index contributed by atoms with van der Waals surface area (Å²) in [6.45, 7) is 5.28. The van der Waals surface area contributed by atoms with Gasteiger partial charge in [0.2, 0.25) is 6.20 Å². The van der Waals surface area contributed by atoms with E-state index in [1.807, 2.05) is 0 Å². The fourth-order valence-electron chi connectivity index (χ4n) is 1.48. The van der Waals surface area contributed by atoms with Crippen molar-refractivity contribution in [3.05, 3.63) is 40.1 Å². The molecule has 0 aromatic heterocycles. The molecule has 0 atom stereocenters. The highest BCUT2D eigenvalue weighted by Crippen LogP contribution is 2.26. The molecule has 0 saturated heterocycles. The number of carbonyl (C=O) groups excluding carboxylic acids is 1. The zero-order chi connectivity index (χ0) is 16.0. The molecule has 0 aliphatic carbocycles. The molecule has 1 amide bonds. The summed E-state index contributed by atoms with van der Waals surface area (Å²) in [6.07, 6.45) is 1.56. The maximum atomic E-state index is 11.7. The number of methoxy groups -OCH3 is 1. The summed E-state index contributed by atoms with van der Waals surface area (Å²) in [5.74, 6) is 0.381. The standard InChI is InChI=1S/C14H18N2O5/c1-14(2,3)21-13(17)15-11-6-5-10(7-8-16(18)19)9-12(11)20-4/h5-9H,1-4H3,(H,15,17)/b8-7+. The minimum atomic E-state index is -0.605. The monoisotopic (exact) mass is 294 g/mol. The quantitative estimate of drug-likeness (QED) is 0.679. The molecule has 0 spiro atoms. The molecule has 0 aliphatic rings. The molecule has 7 nitrogen and oxygen atoms in total. The van der Waals surface area contributed by atoms with Crippen molar-refractivity contribution in [2.75, 3.05) is 12.4 Å². The number of carbonyl (C=O) groups is 1. The van der Waals surface area contributed by atoms with Crippen molar-refractivity contribution in [1.29, 1.82) is 0 Å². The highest BCUT2D eigenvalue weighted by molar-refractivity contribution is 5.87. The van der Waals surface area contributed by atoms with Gasteiger partial charge >= 0.3 is 6.09 Å². The molecular weight excluding hydrogens is 276 g/mol. The van der Waals surface area contributed by atoms with Gasteiger partial charge in [-0.15, -0.1) is 0 Å². The van der Waals surface area contributed by atoms with Crippen molar-refractivity contribution in [3.8, 4) is 5.75 Å². The number of hydrogen-bond donors (Lipinski definition) is 1. The molecule has 0 saturated carbocycles. The van der Waals surface area contributed by atoms with Crippen LogP contribution in [0.25, 0.3) is 6.08 Å². The van der Waals surface area contributed by atoms with Gasteiger partial charge in [-0.1, -0.05) is 6.07 Å². The Morgan fingerprint density at radius 1 is 1.38 bits per heavy atom. The Morgan fingerprint density at radius 2 is 2.05 bits per heavy atom. The number of nitrogens with zero attached hydrogens (tertiary/aromatic N) is 1. The molecule has 1 aromatic carbocycles. The average molecular weight is 294 g/mol. The summed E-state index contributed by atoms with van der Waals surface area (Å²) in [6, 6.07) is 4.78. The summed E-state index contributed by atoms with van der Waals surface area (Å²) >= 11 is 0. The van der Waals surface area contributed by atoms with Gasteiger partial charge in [-0.25, -0.2) is 4.79 Å². The van der Waals surface area contributed by atoms with Gasteiger partial charge in [-0.3, -0.25) is 15.4 Å². The predicted molar refractivity (Wildman–Crippen MR) is 78.9 cm³/mol. The summed E-state index contributed by atoms with van der Waals surface area (Å²) in [5, 5.41) is 12.9.